The van der Waals surface area contributed by atoms with Gasteiger partial charge in [0.25, 0.3) is 5.69 Å². The van der Waals surface area contributed by atoms with Gasteiger partial charge in [-0.2, -0.15) is 0 Å². The molecule has 0 heterocycles. The van der Waals surface area contributed by atoms with Gasteiger partial charge in [-0.1, -0.05) is 17.7 Å². The van der Waals surface area contributed by atoms with Crippen LogP contribution < -0.4 is 0 Å². The maximum absolute atomic E-state index is 13.3. The van der Waals surface area contributed by atoms with Crippen molar-refractivity contribution >= 4 is 23.3 Å². The number of benzene rings is 2. The van der Waals surface area contributed by atoms with E-state index < -0.39 is 28.0 Å². The quantitative estimate of drug-likeness (QED) is 0.690. The number of halogens is 2. The van der Waals surface area contributed by atoms with Gasteiger partial charge in [0.15, 0.2) is 0 Å². The zero-order valence-electron chi connectivity index (χ0n) is 9.84. The van der Waals surface area contributed by atoms with E-state index in [1.54, 1.807) is 0 Å². The largest absolute Gasteiger partial charge is 0.477 e. The van der Waals surface area contributed by atoms with Crippen LogP contribution in [0.15, 0.2) is 36.4 Å². The summed E-state index contributed by atoms with van der Waals surface area (Å²) in [6, 6.07) is 7.24. The molecular weight excluding hydrogens is 289 g/mol. The van der Waals surface area contributed by atoms with Crippen LogP contribution in [0.2, 0.25) is 5.02 Å². The number of carboxylic acid groups (broad SMARTS) is 1. The summed E-state index contributed by atoms with van der Waals surface area (Å²) in [4.78, 5) is 21.0. The summed E-state index contributed by atoms with van der Waals surface area (Å²) in [5.74, 6) is -1.99. The summed E-state index contributed by atoms with van der Waals surface area (Å²) < 4.78 is 13.3. The molecule has 0 aliphatic rings. The zero-order valence-corrected chi connectivity index (χ0v) is 10.6. The average molecular weight is 296 g/mol. The molecule has 20 heavy (non-hydrogen) atoms. The molecular formula is C13H7ClFNO4. The van der Waals surface area contributed by atoms with E-state index in [0.717, 1.165) is 24.3 Å². The van der Waals surface area contributed by atoms with Crippen LogP contribution in [0.3, 0.4) is 0 Å². The number of hydrogen-bond acceptors (Lipinski definition) is 3. The number of nitro groups is 1. The van der Waals surface area contributed by atoms with Gasteiger partial charge >= 0.3 is 5.97 Å². The Morgan fingerprint density at radius 2 is 1.90 bits per heavy atom. The van der Waals surface area contributed by atoms with E-state index in [4.69, 9.17) is 16.7 Å². The number of nitrogens with zero attached hydrogens (tertiary/aromatic N) is 1. The van der Waals surface area contributed by atoms with Crippen LogP contribution in [-0.2, 0) is 0 Å². The van der Waals surface area contributed by atoms with Crippen LogP contribution in [0.5, 0.6) is 0 Å². The second-order valence-corrected chi connectivity index (χ2v) is 4.39. The van der Waals surface area contributed by atoms with E-state index in [1.165, 1.54) is 12.1 Å². The lowest BCUT2D eigenvalue weighted by Gasteiger charge is -2.05. The molecule has 0 radical (unpaired) electrons. The number of carboxylic acids is 1. The van der Waals surface area contributed by atoms with E-state index in [0.29, 0.717) is 11.1 Å². The molecule has 0 spiro atoms. The first-order valence-electron chi connectivity index (χ1n) is 5.36. The van der Waals surface area contributed by atoms with Crippen molar-refractivity contribution in [2.45, 2.75) is 0 Å². The third-order valence-corrected chi connectivity index (χ3v) is 2.84. The van der Waals surface area contributed by atoms with Crippen molar-refractivity contribution in [2.24, 2.45) is 0 Å². The molecule has 0 fully saturated rings. The van der Waals surface area contributed by atoms with Gasteiger partial charge in [0, 0.05) is 11.1 Å². The van der Waals surface area contributed by atoms with Crippen LogP contribution in [0, 0.1) is 15.9 Å². The predicted molar refractivity (Wildman–Crippen MR) is 70.5 cm³/mol. The Balaban J connectivity index is 2.61. The SMILES string of the molecule is O=C(O)c1ccc(-c2cc(F)cc(Cl)c2)cc1[N+](=O)[O-]. The minimum Gasteiger partial charge on any atom is -0.477 e. The van der Waals surface area contributed by atoms with Crippen LogP contribution in [0.25, 0.3) is 11.1 Å². The third kappa shape index (κ3) is 2.75. The summed E-state index contributed by atoms with van der Waals surface area (Å²) in [5, 5.41) is 19.9. The molecule has 0 atom stereocenters. The Morgan fingerprint density at radius 1 is 1.20 bits per heavy atom. The predicted octanol–water partition coefficient (Wildman–Crippen LogP) is 3.75. The Bertz CT molecular complexity index is 697. The van der Waals surface area contributed by atoms with E-state index in [1.807, 2.05) is 0 Å². The van der Waals surface area contributed by atoms with Crippen molar-refractivity contribution < 1.29 is 19.2 Å². The minimum atomic E-state index is -1.40. The molecule has 7 heteroatoms. The van der Waals surface area contributed by atoms with Gasteiger partial charge in [-0.25, -0.2) is 9.18 Å². The Labute approximate surface area is 117 Å². The number of hydrogen-bond donors (Lipinski definition) is 1. The summed E-state index contributed by atoms with van der Waals surface area (Å²) in [7, 11) is 0. The molecule has 0 bridgehead atoms. The fraction of sp³-hybridized carbons (Fsp3) is 0. The molecule has 0 aromatic heterocycles. The van der Waals surface area contributed by atoms with Crippen molar-refractivity contribution in [1.29, 1.82) is 0 Å². The lowest BCUT2D eigenvalue weighted by atomic mass is 10.0. The normalized spacial score (nSPS) is 10.3. The van der Waals surface area contributed by atoms with Crippen molar-refractivity contribution in [2.75, 3.05) is 0 Å². The summed E-state index contributed by atoms with van der Waals surface area (Å²) in [6.07, 6.45) is 0. The van der Waals surface area contributed by atoms with Gasteiger partial charge in [0.2, 0.25) is 0 Å². The second kappa shape index (κ2) is 5.26. The highest BCUT2D eigenvalue weighted by atomic mass is 35.5. The average Bonchev–Trinajstić information content (AvgIpc) is 2.36. The molecule has 5 nitrogen and oxygen atoms in total. The molecule has 0 amide bonds. The van der Waals surface area contributed by atoms with Crippen molar-refractivity contribution in [3.8, 4) is 11.1 Å². The van der Waals surface area contributed by atoms with E-state index in [-0.39, 0.29) is 5.02 Å². The highest BCUT2D eigenvalue weighted by Crippen LogP contribution is 2.29. The molecule has 0 saturated carbocycles. The minimum absolute atomic E-state index is 0.143. The number of nitro benzene ring substituents is 1. The maximum Gasteiger partial charge on any atom is 0.342 e. The second-order valence-electron chi connectivity index (χ2n) is 3.95. The molecule has 2 rings (SSSR count). The summed E-state index contributed by atoms with van der Waals surface area (Å²) in [6.45, 7) is 0. The number of aromatic carboxylic acids is 1. The first kappa shape index (κ1) is 14.0. The van der Waals surface area contributed by atoms with Crippen LogP contribution in [0.4, 0.5) is 10.1 Å². The highest BCUT2D eigenvalue weighted by molar-refractivity contribution is 6.30. The maximum atomic E-state index is 13.3. The van der Waals surface area contributed by atoms with E-state index >= 15 is 0 Å². The Kier molecular flexibility index (Phi) is 3.67. The van der Waals surface area contributed by atoms with Crippen LogP contribution in [0.1, 0.15) is 10.4 Å². The van der Waals surface area contributed by atoms with Gasteiger partial charge in [-0.3, -0.25) is 10.1 Å². The fourth-order valence-electron chi connectivity index (χ4n) is 1.76. The topological polar surface area (TPSA) is 80.4 Å². The molecule has 0 saturated heterocycles. The first-order chi connectivity index (χ1) is 9.38. The number of carbonyl (C=O) groups is 1. The molecule has 2 aromatic rings. The highest BCUT2D eigenvalue weighted by Gasteiger charge is 2.20. The molecule has 2 aromatic carbocycles. The summed E-state index contributed by atoms with van der Waals surface area (Å²) >= 11 is 5.72. The van der Waals surface area contributed by atoms with Crippen molar-refractivity contribution in [1.82, 2.24) is 0 Å². The molecule has 0 aliphatic carbocycles. The lowest BCUT2D eigenvalue weighted by molar-refractivity contribution is -0.385. The first-order valence-corrected chi connectivity index (χ1v) is 5.74. The molecule has 0 aliphatic heterocycles. The summed E-state index contributed by atoms with van der Waals surface area (Å²) in [5.41, 5.74) is -0.352. The third-order valence-electron chi connectivity index (χ3n) is 2.62. The van der Waals surface area contributed by atoms with Gasteiger partial charge in [-0.15, -0.1) is 0 Å². The number of rotatable bonds is 3. The fourth-order valence-corrected chi connectivity index (χ4v) is 1.99. The lowest BCUT2D eigenvalue weighted by Crippen LogP contribution is -2.02. The van der Waals surface area contributed by atoms with Crippen molar-refractivity contribution in [3.63, 3.8) is 0 Å². The van der Waals surface area contributed by atoms with E-state index in [2.05, 4.69) is 0 Å². The van der Waals surface area contributed by atoms with Gasteiger partial charge in [0.1, 0.15) is 11.4 Å². The standard InChI is InChI=1S/C13H7ClFNO4/c14-9-3-8(4-10(15)6-9)7-1-2-11(13(17)18)12(5-7)16(19)20/h1-6H,(H,17,18). The van der Waals surface area contributed by atoms with Crippen LogP contribution >= 0.6 is 11.6 Å². The van der Waals surface area contributed by atoms with E-state index in [9.17, 15) is 19.3 Å². The molecule has 1 N–H and O–H groups in total. The van der Waals surface area contributed by atoms with Gasteiger partial charge < -0.3 is 5.11 Å². The smallest absolute Gasteiger partial charge is 0.342 e. The van der Waals surface area contributed by atoms with Gasteiger partial charge in [0.05, 0.1) is 4.92 Å². The Hall–Kier alpha value is -2.47. The van der Waals surface area contributed by atoms with Gasteiger partial charge in [-0.05, 0) is 35.4 Å². The van der Waals surface area contributed by atoms with Crippen LogP contribution in [-0.4, -0.2) is 16.0 Å². The Morgan fingerprint density at radius 3 is 2.45 bits per heavy atom. The van der Waals surface area contributed by atoms with Crippen molar-refractivity contribution in [3.05, 3.63) is 62.9 Å². The molecule has 102 valence electrons. The monoisotopic (exact) mass is 295 g/mol. The molecule has 0 unspecified atom stereocenters. The zero-order chi connectivity index (χ0) is 14.9.